The van der Waals surface area contributed by atoms with Crippen LogP contribution < -0.4 is 0 Å². The Morgan fingerprint density at radius 1 is 1.19 bits per heavy atom. The molecule has 0 bridgehead atoms. The van der Waals surface area contributed by atoms with Crippen LogP contribution in [0.2, 0.25) is 0 Å². The van der Waals surface area contributed by atoms with Crippen LogP contribution in [0, 0.1) is 0 Å². The van der Waals surface area contributed by atoms with Gasteiger partial charge in [-0.05, 0) is 31.0 Å². The second-order valence-electron chi connectivity index (χ2n) is 4.97. The van der Waals surface area contributed by atoms with Crippen LogP contribution in [0.5, 0.6) is 0 Å². The maximum absolute atomic E-state index is 12.7. The van der Waals surface area contributed by atoms with Crippen molar-refractivity contribution in [3.63, 3.8) is 0 Å². The predicted octanol–water partition coefficient (Wildman–Crippen LogP) is 2.79. The van der Waals surface area contributed by atoms with Gasteiger partial charge in [-0.2, -0.15) is 4.31 Å². The molecular weight excluding hydrogens is 288 g/mol. The number of benzene rings is 1. The van der Waals surface area contributed by atoms with Crippen molar-refractivity contribution in [3.8, 4) is 0 Å². The molecule has 0 saturated heterocycles. The van der Waals surface area contributed by atoms with Crippen LogP contribution >= 0.6 is 0 Å². The van der Waals surface area contributed by atoms with E-state index in [1.165, 1.54) is 4.31 Å². The fourth-order valence-corrected chi connectivity index (χ4v) is 4.03. The highest BCUT2D eigenvalue weighted by Gasteiger charge is 2.23. The number of aldehydes is 1. The minimum Gasteiger partial charge on any atom is -0.360 e. The first-order valence-electron chi connectivity index (χ1n) is 7.11. The number of nitrogens with zero attached hydrogens (tertiary/aromatic N) is 1. The molecule has 0 aliphatic rings. The molecule has 0 amide bonds. The average molecular weight is 308 g/mol. The molecule has 0 aliphatic heterocycles. The van der Waals surface area contributed by atoms with Gasteiger partial charge in [0.15, 0.2) is 6.29 Å². The lowest BCUT2D eigenvalue weighted by Gasteiger charge is -2.21. The van der Waals surface area contributed by atoms with E-state index in [-0.39, 0.29) is 4.90 Å². The second kappa shape index (κ2) is 6.41. The van der Waals surface area contributed by atoms with Crippen LogP contribution in [-0.2, 0) is 10.0 Å². The normalized spacial score (nSPS) is 12.1. The first-order valence-corrected chi connectivity index (χ1v) is 8.55. The number of aromatic amines is 1. The summed E-state index contributed by atoms with van der Waals surface area (Å²) in [6.07, 6.45) is 3.85. The standard InChI is InChI=1S/C15H20N2O3S/c1-3-7-17(8-4-2)21(19,20)13-5-6-15-14(9-13)12(11-18)10-16-15/h5-6,9-11,16H,3-4,7-8H2,1-2H3. The number of sulfonamides is 1. The molecule has 6 heteroatoms. The van der Waals surface area contributed by atoms with Crippen molar-refractivity contribution in [3.05, 3.63) is 30.0 Å². The summed E-state index contributed by atoms with van der Waals surface area (Å²) in [5.74, 6) is 0. The molecule has 0 radical (unpaired) electrons. The topological polar surface area (TPSA) is 70.2 Å². The van der Waals surface area contributed by atoms with Gasteiger partial charge in [0.25, 0.3) is 0 Å². The fraction of sp³-hybridized carbons (Fsp3) is 0.400. The summed E-state index contributed by atoms with van der Waals surface area (Å²) >= 11 is 0. The molecule has 0 fully saturated rings. The van der Waals surface area contributed by atoms with E-state index >= 15 is 0 Å². The number of fused-ring (bicyclic) bond motifs is 1. The van der Waals surface area contributed by atoms with E-state index < -0.39 is 10.0 Å². The summed E-state index contributed by atoms with van der Waals surface area (Å²) in [6, 6.07) is 4.86. The van der Waals surface area contributed by atoms with Gasteiger partial charge < -0.3 is 4.98 Å². The molecule has 0 spiro atoms. The lowest BCUT2D eigenvalue weighted by atomic mass is 10.2. The third-order valence-corrected chi connectivity index (χ3v) is 5.29. The summed E-state index contributed by atoms with van der Waals surface area (Å²) in [7, 11) is -3.52. The van der Waals surface area contributed by atoms with Crippen molar-refractivity contribution >= 4 is 27.2 Å². The fourth-order valence-electron chi connectivity index (χ4n) is 2.38. The Hall–Kier alpha value is -1.66. The van der Waals surface area contributed by atoms with E-state index in [1.807, 2.05) is 13.8 Å². The number of nitrogens with one attached hydrogen (secondary N) is 1. The lowest BCUT2D eigenvalue weighted by Crippen LogP contribution is -2.32. The molecule has 0 atom stereocenters. The van der Waals surface area contributed by atoms with Crippen molar-refractivity contribution in [2.75, 3.05) is 13.1 Å². The Morgan fingerprint density at radius 3 is 2.43 bits per heavy atom. The summed E-state index contributed by atoms with van der Waals surface area (Å²) in [5.41, 5.74) is 1.23. The molecule has 2 rings (SSSR count). The quantitative estimate of drug-likeness (QED) is 0.800. The molecule has 2 aromatic rings. The SMILES string of the molecule is CCCN(CCC)S(=O)(=O)c1ccc2[nH]cc(C=O)c2c1. The van der Waals surface area contributed by atoms with E-state index in [2.05, 4.69) is 4.98 Å². The first kappa shape index (κ1) is 15.7. The highest BCUT2D eigenvalue weighted by atomic mass is 32.2. The maximum Gasteiger partial charge on any atom is 0.243 e. The lowest BCUT2D eigenvalue weighted by molar-refractivity contribution is 0.112. The zero-order valence-electron chi connectivity index (χ0n) is 12.3. The van der Waals surface area contributed by atoms with Gasteiger partial charge in [0.05, 0.1) is 4.90 Å². The first-order chi connectivity index (χ1) is 10.0. The third-order valence-electron chi connectivity index (χ3n) is 3.40. The van der Waals surface area contributed by atoms with E-state index in [0.29, 0.717) is 24.0 Å². The summed E-state index contributed by atoms with van der Waals surface area (Å²) in [5, 5.41) is 0.638. The van der Waals surface area contributed by atoms with Crippen LogP contribution in [0.3, 0.4) is 0 Å². The van der Waals surface area contributed by atoms with E-state index in [0.717, 1.165) is 24.6 Å². The highest BCUT2D eigenvalue weighted by molar-refractivity contribution is 7.89. The van der Waals surface area contributed by atoms with E-state index in [9.17, 15) is 13.2 Å². The number of H-pyrrole nitrogens is 1. The van der Waals surface area contributed by atoms with Crippen LogP contribution in [-0.4, -0.2) is 37.1 Å². The average Bonchev–Trinajstić information content (AvgIpc) is 2.89. The predicted molar refractivity (Wildman–Crippen MR) is 83.0 cm³/mol. The third kappa shape index (κ3) is 3.01. The minimum atomic E-state index is -3.52. The number of aromatic nitrogens is 1. The molecule has 1 aromatic heterocycles. The van der Waals surface area contributed by atoms with Crippen molar-refractivity contribution in [2.24, 2.45) is 0 Å². The van der Waals surface area contributed by atoms with Crippen LogP contribution in [0.1, 0.15) is 37.0 Å². The van der Waals surface area contributed by atoms with Gasteiger partial charge in [-0.25, -0.2) is 8.42 Å². The molecule has 0 aliphatic carbocycles. The van der Waals surface area contributed by atoms with Gasteiger partial charge in [-0.1, -0.05) is 13.8 Å². The Balaban J connectivity index is 2.50. The van der Waals surface area contributed by atoms with Crippen LogP contribution in [0.15, 0.2) is 29.3 Å². The molecular formula is C15H20N2O3S. The molecule has 21 heavy (non-hydrogen) atoms. The van der Waals surface area contributed by atoms with Crippen LogP contribution in [0.4, 0.5) is 0 Å². The summed E-state index contributed by atoms with van der Waals surface area (Å²) in [4.78, 5) is 14.2. The van der Waals surface area contributed by atoms with Crippen LogP contribution in [0.25, 0.3) is 10.9 Å². The molecule has 114 valence electrons. The van der Waals surface area contributed by atoms with Gasteiger partial charge in [-0.3, -0.25) is 4.79 Å². The van der Waals surface area contributed by atoms with Crippen molar-refractivity contribution in [2.45, 2.75) is 31.6 Å². The summed E-state index contributed by atoms with van der Waals surface area (Å²) in [6.45, 7) is 4.92. The molecule has 5 nitrogen and oxygen atoms in total. The van der Waals surface area contributed by atoms with Gasteiger partial charge in [-0.15, -0.1) is 0 Å². The molecule has 1 N–H and O–H groups in total. The Kier molecular flexibility index (Phi) is 4.80. The van der Waals surface area contributed by atoms with Gasteiger partial charge in [0.1, 0.15) is 0 Å². The molecule has 1 heterocycles. The number of carbonyl (C=O) groups excluding carboxylic acids is 1. The summed E-state index contributed by atoms with van der Waals surface area (Å²) < 4.78 is 26.9. The smallest absolute Gasteiger partial charge is 0.243 e. The number of hydrogen-bond acceptors (Lipinski definition) is 3. The minimum absolute atomic E-state index is 0.236. The monoisotopic (exact) mass is 308 g/mol. The number of hydrogen-bond donors (Lipinski definition) is 1. The maximum atomic E-state index is 12.7. The highest BCUT2D eigenvalue weighted by Crippen LogP contribution is 2.23. The molecule has 1 aromatic carbocycles. The van der Waals surface area contributed by atoms with Gasteiger partial charge in [0.2, 0.25) is 10.0 Å². The number of carbonyl (C=O) groups is 1. The van der Waals surface area contributed by atoms with Crippen molar-refractivity contribution in [1.82, 2.24) is 9.29 Å². The Labute approximate surface area is 125 Å². The zero-order valence-corrected chi connectivity index (χ0v) is 13.1. The second-order valence-corrected chi connectivity index (χ2v) is 6.91. The van der Waals surface area contributed by atoms with Crippen molar-refractivity contribution in [1.29, 1.82) is 0 Å². The van der Waals surface area contributed by atoms with E-state index in [1.54, 1.807) is 24.4 Å². The van der Waals surface area contributed by atoms with Crippen molar-refractivity contribution < 1.29 is 13.2 Å². The van der Waals surface area contributed by atoms with Gasteiger partial charge >= 0.3 is 0 Å². The van der Waals surface area contributed by atoms with Gasteiger partial charge in [0, 0.05) is 35.8 Å². The zero-order chi connectivity index (χ0) is 15.5. The number of rotatable bonds is 7. The Bertz CT molecular complexity index is 728. The van der Waals surface area contributed by atoms with E-state index in [4.69, 9.17) is 0 Å². The Morgan fingerprint density at radius 2 is 1.86 bits per heavy atom. The molecule has 0 saturated carbocycles. The largest absolute Gasteiger partial charge is 0.360 e. The molecule has 0 unspecified atom stereocenters.